The van der Waals surface area contributed by atoms with Crippen molar-refractivity contribution >= 4 is 5.97 Å². The van der Waals surface area contributed by atoms with Crippen LogP contribution >= 0.6 is 0 Å². The molecule has 1 aliphatic carbocycles. The highest BCUT2D eigenvalue weighted by atomic mass is 16.5. The van der Waals surface area contributed by atoms with Crippen LogP contribution in [-0.4, -0.2) is 26.8 Å². The van der Waals surface area contributed by atoms with Crippen molar-refractivity contribution < 1.29 is 19.0 Å². The average molecular weight is 380 g/mol. The van der Waals surface area contributed by atoms with Crippen molar-refractivity contribution in [1.82, 2.24) is 0 Å². The maximum absolute atomic E-state index is 12.4. The predicted octanol–water partition coefficient (Wildman–Crippen LogP) is 5.39. The molecule has 1 aliphatic rings. The van der Waals surface area contributed by atoms with E-state index in [0.717, 1.165) is 5.75 Å². The summed E-state index contributed by atoms with van der Waals surface area (Å²) >= 11 is 0. The van der Waals surface area contributed by atoms with Crippen LogP contribution in [0.15, 0.2) is 60.7 Å². The molecule has 0 aliphatic heterocycles. The van der Waals surface area contributed by atoms with Crippen molar-refractivity contribution in [2.24, 2.45) is 5.92 Å². The molecule has 4 nitrogen and oxygen atoms in total. The second-order valence-electron chi connectivity index (χ2n) is 7.18. The van der Waals surface area contributed by atoms with Crippen LogP contribution in [-0.2, 0) is 4.74 Å². The van der Waals surface area contributed by atoms with Crippen molar-refractivity contribution in [3.63, 3.8) is 0 Å². The van der Waals surface area contributed by atoms with Gasteiger partial charge in [0.05, 0.1) is 19.3 Å². The Morgan fingerprint density at radius 1 is 0.929 bits per heavy atom. The Morgan fingerprint density at radius 2 is 1.57 bits per heavy atom. The van der Waals surface area contributed by atoms with Gasteiger partial charge in [-0.05, 0) is 79.5 Å². The quantitative estimate of drug-likeness (QED) is 0.367. The third-order valence-corrected chi connectivity index (χ3v) is 5.33. The second kappa shape index (κ2) is 10.1. The number of hydrogen-bond donors (Lipinski definition) is 0. The van der Waals surface area contributed by atoms with E-state index in [-0.39, 0.29) is 5.97 Å². The zero-order chi connectivity index (χ0) is 19.8. The number of esters is 1. The van der Waals surface area contributed by atoms with Crippen LogP contribution in [0.4, 0.5) is 0 Å². The van der Waals surface area contributed by atoms with Gasteiger partial charge in [0.1, 0.15) is 11.5 Å². The van der Waals surface area contributed by atoms with Gasteiger partial charge in [0.2, 0.25) is 0 Å². The SMILES string of the molecule is COCC=C[C@H]1CC[C@H](c2ccc(C(=O)Oc3ccc(OC)cc3)cc2)CC1. The molecule has 0 heterocycles. The van der Waals surface area contributed by atoms with E-state index in [2.05, 4.69) is 24.3 Å². The lowest BCUT2D eigenvalue weighted by Crippen LogP contribution is -2.12. The van der Waals surface area contributed by atoms with E-state index < -0.39 is 0 Å². The van der Waals surface area contributed by atoms with E-state index in [1.54, 1.807) is 38.5 Å². The molecule has 1 saturated carbocycles. The molecule has 0 saturated heterocycles. The first-order valence-corrected chi connectivity index (χ1v) is 9.81. The molecule has 0 radical (unpaired) electrons. The molecular formula is C24H28O4. The highest BCUT2D eigenvalue weighted by Gasteiger charge is 2.21. The summed E-state index contributed by atoms with van der Waals surface area (Å²) in [6.07, 6.45) is 9.17. The van der Waals surface area contributed by atoms with Gasteiger partial charge in [0.15, 0.2) is 0 Å². The van der Waals surface area contributed by atoms with Gasteiger partial charge in [0.25, 0.3) is 0 Å². The molecule has 28 heavy (non-hydrogen) atoms. The summed E-state index contributed by atoms with van der Waals surface area (Å²) in [5.74, 6) is 2.12. The normalized spacial score (nSPS) is 19.5. The summed E-state index contributed by atoms with van der Waals surface area (Å²) in [6, 6.07) is 14.9. The minimum Gasteiger partial charge on any atom is -0.497 e. The molecular weight excluding hydrogens is 352 g/mol. The highest BCUT2D eigenvalue weighted by molar-refractivity contribution is 5.91. The number of benzene rings is 2. The highest BCUT2D eigenvalue weighted by Crippen LogP contribution is 2.36. The van der Waals surface area contributed by atoms with Crippen LogP contribution in [0.2, 0.25) is 0 Å². The summed E-state index contributed by atoms with van der Waals surface area (Å²) in [4.78, 5) is 12.4. The monoisotopic (exact) mass is 380 g/mol. The Labute approximate surface area is 167 Å². The molecule has 2 aromatic rings. The van der Waals surface area contributed by atoms with E-state index in [1.807, 2.05) is 12.1 Å². The first-order valence-electron chi connectivity index (χ1n) is 9.81. The molecule has 148 valence electrons. The first kappa shape index (κ1) is 20.2. The van der Waals surface area contributed by atoms with Crippen LogP contribution in [0.1, 0.15) is 47.5 Å². The van der Waals surface area contributed by atoms with Crippen LogP contribution in [0.3, 0.4) is 0 Å². The number of carbonyl (C=O) groups excluding carboxylic acids is 1. The topological polar surface area (TPSA) is 44.8 Å². The fourth-order valence-corrected chi connectivity index (χ4v) is 3.69. The number of allylic oxidation sites excluding steroid dienone is 1. The molecule has 0 aromatic heterocycles. The Kier molecular flexibility index (Phi) is 7.26. The lowest BCUT2D eigenvalue weighted by Gasteiger charge is -2.27. The van der Waals surface area contributed by atoms with E-state index in [0.29, 0.717) is 29.8 Å². The average Bonchev–Trinajstić information content (AvgIpc) is 2.75. The third kappa shape index (κ3) is 5.46. The standard InChI is InChI=1S/C24H28O4/c1-26-17-3-4-18-5-7-19(8-6-18)20-9-11-21(12-10-20)24(25)28-23-15-13-22(27-2)14-16-23/h3-4,9-16,18-19H,5-8,17H2,1-2H3/t18-,19-. The second-order valence-corrected chi connectivity index (χ2v) is 7.18. The summed E-state index contributed by atoms with van der Waals surface area (Å²) in [5, 5.41) is 0. The largest absolute Gasteiger partial charge is 0.497 e. The fraction of sp³-hybridized carbons (Fsp3) is 0.375. The van der Waals surface area contributed by atoms with E-state index in [1.165, 1.54) is 31.2 Å². The van der Waals surface area contributed by atoms with Gasteiger partial charge in [0, 0.05) is 7.11 Å². The van der Waals surface area contributed by atoms with Gasteiger partial charge in [-0.1, -0.05) is 24.3 Å². The summed E-state index contributed by atoms with van der Waals surface area (Å²) in [5.41, 5.74) is 1.87. The van der Waals surface area contributed by atoms with Crippen molar-refractivity contribution in [3.8, 4) is 11.5 Å². The minimum absolute atomic E-state index is 0.344. The van der Waals surface area contributed by atoms with Crippen molar-refractivity contribution in [2.75, 3.05) is 20.8 Å². The predicted molar refractivity (Wildman–Crippen MR) is 110 cm³/mol. The number of methoxy groups -OCH3 is 2. The molecule has 0 atom stereocenters. The minimum atomic E-state index is -0.344. The van der Waals surface area contributed by atoms with Crippen molar-refractivity contribution in [1.29, 1.82) is 0 Å². The zero-order valence-corrected chi connectivity index (χ0v) is 16.6. The Morgan fingerprint density at radius 3 is 2.18 bits per heavy atom. The smallest absolute Gasteiger partial charge is 0.343 e. The molecule has 3 rings (SSSR count). The Balaban J connectivity index is 1.53. The van der Waals surface area contributed by atoms with Gasteiger partial charge in [-0.25, -0.2) is 4.79 Å². The van der Waals surface area contributed by atoms with Crippen LogP contribution in [0.25, 0.3) is 0 Å². The van der Waals surface area contributed by atoms with E-state index in [9.17, 15) is 4.79 Å². The molecule has 1 fully saturated rings. The summed E-state index contributed by atoms with van der Waals surface area (Å²) in [6.45, 7) is 0.689. The number of hydrogen-bond acceptors (Lipinski definition) is 4. The van der Waals surface area contributed by atoms with Crippen LogP contribution in [0.5, 0.6) is 11.5 Å². The lowest BCUT2D eigenvalue weighted by atomic mass is 9.78. The van der Waals surface area contributed by atoms with Gasteiger partial charge >= 0.3 is 5.97 Å². The van der Waals surface area contributed by atoms with E-state index in [4.69, 9.17) is 14.2 Å². The fourth-order valence-electron chi connectivity index (χ4n) is 3.69. The molecule has 0 spiro atoms. The number of carbonyl (C=O) groups is 1. The number of ether oxygens (including phenoxy) is 3. The maximum atomic E-state index is 12.4. The zero-order valence-electron chi connectivity index (χ0n) is 16.6. The number of rotatable bonds is 7. The van der Waals surface area contributed by atoms with E-state index >= 15 is 0 Å². The van der Waals surface area contributed by atoms with Crippen molar-refractivity contribution in [3.05, 3.63) is 71.8 Å². The van der Waals surface area contributed by atoms with Crippen LogP contribution in [0, 0.1) is 5.92 Å². The van der Waals surface area contributed by atoms with Gasteiger partial charge < -0.3 is 14.2 Å². The molecule has 0 unspecified atom stereocenters. The molecule has 0 N–H and O–H groups in total. The van der Waals surface area contributed by atoms with Gasteiger partial charge in [-0.2, -0.15) is 0 Å². The van der Waals surface area contributed by atoms with Gasteiger partial charge in [-0.15, -0.1) is 0 Å². The summed E-state index contributed by atoms with van der Waals surface area (Å²) in [7, 11) is 3.32. The molecule has 0 amide bonds. The Bertz CT molecular complexity index is 769. The van der Waals surface area contributed by atoms with Crippen LogP contribution < -0.4 is 9.47 Å². The lowest BCUT2D eigenvalue weighted by molar-refractivity contribution is 0.0734. The first-order chi connectivity index (χ1) is 13.7. The maximum Gasteiger partial charge on any atom is 0.343 e. The molecule has 4 heteroatoms. The summed E-state index contributed by atoms with van der Waals surface area (Å²) < 4.78 is 15.6. The molecule has 0 bridgehead atoms. The third-order valence-electron chi connectivity index (χ3n) is 5.33. The molecule has 2 aromatic carbocycles. The Hall–Kier alpha value is -2.59. The van der Waals surface area contributed by atoms with Gasteiger partial charge in [-0.3, -0.25) is 0 Å². The van der Waals surface area contributed by atoms with Crippen molar-refractivity contribution in [2.45, 2.75) is 31.6 Å².